The van der Waals surface area contributed by atoms with Crippen molar-refractivity contribution in [2.75, 3.05) is 0 Å². The first-order chi connectivity index (χ1) is 7.83. The Kier molecular flexibility index (Phi) is 3.26. The smallest absolute Gasteiger partial charge is 0.131 e. The zero-order valence-corrected chi connectivity index (χ0v) is 9.24. The van der Waals surface area contributed by atoms with Gasteiger partial charge in [0.25, 0.3) is 0 Å². The Bertz CT molecular complexity index is 437. The summed E-state index contributed by atoms with van der Waals surface area (Å²) in [4.78, 5) is 12.5. The van der Waals surface area contributed by atoms with E-state index in [-0.39, 0.29) is 6.04 Å². The van der Waals surface area contributed by atoms with Gasteiger partial charge in [-0.05, 0) is 6.42 Å². The van der Waals surface area contributed by atoms with Gasteiger partial charge in [-0.15, -0.1) is 0 Å². The van der Waals surface area contributed by atoms with Crippen LogP contribution in [0.3, 0.4) is 0 Å². The molecule has 2 rings (SSSR count). The predicted octanol–water partition coefficient (Wildman–Crippen LogP) is 1.13. The monoisotopic (exact) mass is 217 g/mol. The molecule has 0 saturated heterocycles. The molecule has 0 aliphatic rings. The zero-order chi connectivity index (χ0) is 11.4. The first-order valence-electron chi connectivity index (χ1n) is 5.35. The maximum absolute atomic E-state index is 6.11. The van der Waals surface area contributed by atoms with Gasteiger partial charge in [0, 0.05) is 31.3 Å². The van der Waals surface area contributed by atoms with E-state index >= 15 is 0 Å². The van der Waals surface area contributed by atoms with Crippen molar-refractivity contribution in [2.24, 2.45) is 5.73 Å². The van der Waals surface area contributed by atoms with Gasteiger partial charge in [-0.25, -0.2) is 4.98 Å². The molecule has 5 heteroatoms. The molecule has 0 radical (unpaired) electrons. The molecule has 0 aromatic carbocycles. The van der Waals surface area contributed by atoms with Gasteiger partial charge in [-0.2, -0.15) is 0 Å². The molecule has 2 heterocycles. The van der Waals surface area contributed by atoms with Gasteiger partial charge in [0.15, 0.2) is 0 Å². The van der Waals surface area contributed by atoms with Crippen molar-refractivity contribution in [1.82, 2.24) is 19.5 Å². The second kappa shape index (κ2) is 4.85. The SMILES string of the molecule is CCCn1ccnc1C(N)c1cnccn1. The minimum absolute atomic E-state index is 0.310. The van der Waals surface area contributed by atoms with E-state index < -0.39 is 0 Å². The molecule has 1 atom stereocenters. The predicted molar refractivity (Wildman–Crippen MR) is 60.6 cm³/mol. The Balaban J connectivity index is 2.27. The van der Waals surface area contributed by atoms with Crippen LogP contribution in [0.1, 0.15) is 30.9 Å². The number of aromatic nitrogens is 4. The number of nitrogens with zero attached hydrogens (tertiary/aromatic N) is 4. The van der Waals surface area contributed by atoms with Crippen LogP contribution in [0.25, 0.3) is 0 Å². The van der Waals surface area contributed by atoms with Crippen molar-refractivity contribution in [3.8, 4) is 0 Å². The summed E-state index contributed by atoms with van der Waals surface area (Å²) in [6.07, 6.45) is 9.71. The van der Waals surface area contributed by atoms with Crippen molar-refractivity contribution in [3.05, 3.63) is 42.5 Å². The summed E-state index contributed by atoms with van der Waals surface area (Å²) < 4.78 is 2.05. The first-order valence-corrected chi connectivity index (χ1v) is 5.35. The molecular weight excluding hydrogens is 202 g/mol. The van der Waals surface area contributed by atoms with Gasteiger partial charge >= 0.3 is 0 Å². The average molecular weight is 217 g/mol. The van der Waals surface area contributed by atoms with Gasteiger partial charge in [-0.1, -0.05) is 6.92 Å². The Labute approximate surface area is 94.4 Å². The van der Waals surface area contributed by atoms with Crippen LogP contribution in [0, 0.1) is 0 Å². The Hall–Kier alpha value is -1.75. The molecule has 0 aliphatic carbocycles. The van der Waals surface area contributed by atoms with Crippen LogP contribution < -0.4 is 5.73 Å². The summed E-state index contributed by atoms with van der Waals surface area (Å²) >= 11 is 0. The van der Waals surface area contributed by atoms with E-state index in [2.05, 4.69) is 26.4 Å². The summed E-state index contributed by atoms with van der Waals surface area (Å²) in [7, 11) is 0. The molecule has 1 unspecified atom stereocenters. The lowest BCUT2D eigenvalue weighted by atomic mass is 10.2. The number of aryl methyl sites for hydroxylation is 1. The summed E-state index contributed by atoms with van der Waals surface area (Å²) in [5.41, 5.74) is 6.85. The summed E-state index contributed by atoms with van der Waals surface area (Å²) in [5, 5.41) is 0. The van der Waals surface area contributed by atoms with E-state index in [1.165, 1.54) is 0 Å². The molecule has 0 amide bonds. The highest BCUT2D eigenvalue weighted by atomic mass is 15.1. The summed E-state index contributed by atoms with van der Waals surface area (Å²) in [6.45, 7) is 3.04. The van der Waals surface area contributed by atoms with E-state index in [0.717, 1.165) is 24.5 Å². The van der Waals surface area contributed by atoms with Crippen molar-refractivity contribution in [2.45, 2.75) is 25.9 Å². The molecule has 2 aromatic heterocycles. The number of hydrogen-bond donors (Lipinski definition) is 1. The normalized spacial score (nSPS) is 12.6. The second-order valence-corrected chi connectivity index (χ2v) is 3.59. The standard InChI is InChI=1S/C11H15N5/c1-2-6-16-7-5-15-11(16)10(12)9-8-13-3-4-14-9/h3-5,7-8,10H,2,6,12H2,1H3. The maximum atomic E-state index is 6.11. The van der Waals surface area contributed by atoms with Gasteiger partial charge in [0.05, 0.1) is 11.9 Å². The van der Waals surface area contributed by atoms with Crippen molar-refractivity contribution < 1.29 is 0 Å². The molecule has 5 nitrogen and oxygen atoms in total. The van der Waals surface area contributed by atoms with E-state index in [1.54, 1.807) is 24.8 Å². The highest BCUT2D eigenvalue weighted by Gasteiger charge is 2.15. The topological polar surface area (TPSA) is 69.6 Å². The average Bonchev–Trinajstić information content (AvgIpc) is 2.78. The molecule has 2 N–H and O–H groups in total. The molecule has 0 bridgehead atoms. The van der Waals surface area contributed by atoms with Gasteiger partial charge in [0.1, 0.15) is 11.9 Å². The fourth-order valence-corrected chi connectivity index (χ4v) is 1.63. The van der Waals surface area contributed by atoms with E-state index in [9.17, 15) is 0 Å². The van der Waals surface area contributed by atoms with E-state index in [4.69, 9.17) is 5.73 Å². The third-order valence-electron chi connectivity index (χ3n) is 2.39. The Morgan fingerprint density at radius 1 is 1.31 bits per heavy atom. The molecular formula is C11H15N5. The lowest BCUT2D eigenvalue weighted by Gasteiger charge is -2.12. The fraction of sp³-hybridized carbons (Fsp3) is 0.364. The molecule has 2 aromatic rings. The molecule has 84 valence electrons. The summed E-state index contributed by atoms with van der Waals surface area (Å²) in [5.74, 6) is 0.836. The number of imidazole rings is 1. The molecule has 0 saturated carbocycles. The van der Waals surface area contributed by atoms with Crippen LogP contribution in [-0.2, 0) is 6.54 Å². The molecule has 0 spiro atoms. The third-order valence-corrected chi connectivity index (χ3v) is 2.39. The number of rotatable bonds is 4. The third kappa shape index (κ3) is 2.09. The highest BCUT2D eigenvalue weighted by molar-refractivity contribution is 5.14. The maximum Gasteiger partial charge on any atom is 0.131 e. The molecule has 0 fully saturated rings. The fourth-order valence-electron chi connectivity index (χ4n) is 1.63. The van der Waals surface area contributed by atoms with Gasteiger partial charge in [0.2, 0.25) is 0 Å². The minimum atomic E-state index is -0.310. The van der Waals surface area contributed by atoms with Crippen LogP contribution in [0.15, 0.2) is 31.0 Å². The lowest BCUT2D eigenvalue weighted by molar-refractivity contribution is 0.606. The minimum Gasteiger partial charge on any atom is -0.333 e. The van der Waals surface area contributed by atoms with Crippen LogP contribution in [-0.4, -0.2) is 19.5 Å². The Morgan fingerprint density at radius 2 is 2.19 bits per heavy atom. The van der Waals surface area contributed by atoms with Crippen molar-refractivity contribution >= 4 is 0 Å². The first kappa shape index (κ1) is 10.8. The van der Waals surface area contributed by atoms with Crippen LogP contribution in [0.4, 0.5) is 0 Å². The number of nitrogens with two attached hydrogens (primary N) is 1. The summed E-state index contributed by atoms with van der Waals surface area (Å²) in [6, 6.07) is -0.310. The van der Waals surface area contributed by atoms with Crippen LogP contribution in [0.2, 0.25) is 0 Å². The zero-order valence-electron chi connectivity index (χ0n) is 9.24. The lowest BCUT2D eigenvalue weighted by Crippen LogP contribution is -2.19. The van der Waals surface area contributed by atoms with Crippen molar-refractivity contribution in [1.29, 1.82) is 0 Å². The van der Waals surface area contributed by atoms with E-state index in [1.807, 2.05) is 6.20 Å². The van der Waals surface area contributed by atoms with Gasteiger partial charge in [-0.3, -0.25) is 9.97 Å². The number of hydrogen-bond acceptors (Lipinski definition) is 4. The quantitative estimate of drug-likeness (QED) is 0.833. The van der Waals surface area contributed by atoms with Crippen LogP contribution in [0.5, 0.6) is 0 Å². The Morgan fingerprint density at radius 3 is 2.88 bits per heavy atom. The van der Waals surface area contributed by atoms with Crippen LogP contribution >= 0.6 is 0 Å². The van der Waals surface area contributed by atoms with Crippen molar-refractivity contribution in [3.63, 3.8) is 0 Å². The highest BCUT2D eigenvalue weighted by Crippen LogP contribution is 2.15. The molecule has 0 aliphatic heterocycles. The second-order valence-electron chi connectivity index (χ2n) is 3.59. The largest absolute Gasteiger partial charge is 0.333 e. The van der Waals surface area contributed by atoms with E-state index in [0.29, 0.717) is 0 Å². The molecule has 16 heavy (non-hydrogen) atoms. The van der Waals surface area contributed by atoms with Gasteiger partial charge < -0.3 is 10.3 Å².